The molecule has 0 atom stereocenters. The molecule has 8 heteroatoms. The van der Waals surface area contributed by atoms with Crippen molar-refractivity contribution in [3.05, 3.63) is 36.6 Å². The van der Waals surface area contributed by atoms with Crippen molar-refractivity contribution in [2.24, 2.45) is 0 Å². The number of nitrogens with zero attached hydrogens (tertiary/aromatic N) is 5. The molecule has 1 fully saturated rings. The smallest absolute Gasteiger partial charge is 0.143 e. The van der Waals surface area contributed by atoms with E-state index in [1.165, 1.54) is 6.33 Å². The zero-order chi connectivity index (χ0) is 15.9. The van der Waals surface area contributed by atoms with Crippen molar-refractivity contribution >= 4 is 17.0 Å². The Bertz CT molecular complexity index is 983. The van der Waals surface area contributed by atoms with Crippen LogP contribution >= 0.6 is 0 Å². The zero-order valence-electron chi connectivity index (χ0n) is 11.9. The predicted molar refractivity (Wildman–Crippen MR) is 80.8 cm³/mol. The number of nitriles is 1. The Morgan fingerprint density at radius 1 is 1.39 bits per heavy atom. The van der Waals surface area contributed by atoms with Crippen molar-refractivity contribution in [2.75, 3.05) is 13.1 Å². The van der Waals surface area contributed by atoms with Crippen molar-refractivity contribution in [2.45, 2.75) is 5.54 Å². The van der Waals surface area contributed by atoms with Crippen LogP contribution in [0.2, 0.25) is 0 Å². The Balaban J connectivity index is 1.82. The van der Waals surface area contributed by atoms with Crippen LogP contribution in [0.4, 0.5) is 0 Å². The molecule has 112 valence electrons. The first-order valence-corrected chi connectivity index (χ1v) is 6.98. The van der Waals surface area contributed by atoms with Gasteiger partial charge in [-0.25, -0.2) is 14.8 Å². The molecule has 3 aromatic rings. The van der Waals surface area contributed by atoms with E-state index in [0.717, 1.165) is 22.3 Å². The fraction of sp³-hybridized carbons (Fsp3) is 0.200. The van der Waals surface area contributed by atoms with Gasteiger partial charge in [0, 0.05) is 36.4 Å². The number of aromatic nitrogens is 5. The molecule has 4 rings (SSSR count). The summed E-state index contributed by atoms with van der Waals surface area (Å²) in [5.74, 6) is 1.74. The predicted octanol–water partition coefficient (Wildman–Crippen LogP) is 0.401. The third-order valence-corrected chi connectivity index (χ3v) is 4.16. The van der Waals surface area contributed by atoms with Gasteiger partial charge in [0.1, 0.15) is 35.1 Å². The molecule has 23 heavy (non-hydrogen) atoms. The monoisotopic (exact) mass is 305 g/mol. The van der Waals surface area contributed by atoms with E-state index >= 15 is 0 Å². The lowest BCUT2D eigenvalue weighted by molar-refractivity contribution is 0.209. The van der Waals surface area contributed by atoms with Crippen molar-refractivity contribution in [1.29, 1.82) is 5.26 Å². The number of aromatic amines is 1. The third kappa shape index (κ3) is 1.82. The second kappa shape index (κ2) is 4.88. The summed E-state index contributed by atoms with van der Waals surface area (Å²) in [4.78, 5) is 22.6. The highest BCUT2D eigenvalue weighted by Crippen LogP contribution is 2.31. The van der Waals surface area contributed by atoms with Crippen LogP contribution in [0, 0.1) is 11.3 Å². The highest BCUT2D eigenvalue weighted by molar-refractivity contribution is 5.90. The van der Waals surface area contributed by atoms with Gasteiger partial charge in [0.15, 0.2) is 0 Å². The Morgan fingerprint density at radius 3 is 2.96 bits per heavy atom. The topological polar surface area (TPSA) is 112 Å². The quantitative estimate of drug-likeness (QED) is 0.535. The maximum absolute atomic E-state index is 11.1. The van der Waals surface area contributed by atoms with Crippen molar-refractivity contribution in [3.63, 3.8) is 0 Å². The molecule has 0 radical (unpaired) electrons. The van der Waals surface area contributed by atoms with E-state index in [1.54, 1.807) is 29.2 Å². The van der Waals surface area contributed by atoms with Gasteiger partial charge < -0.3 is 10.3 Å². The second-order valence-corrected chi connectivity index (χ2v) is 5.36. The van der Waals surface area contributed by atoms with E-state index in [-0.39, 0.29) is 5.57 Å². The number of fused-ring (bicyclic) bond motifs is 1. The third-order valence-electron chi connectivity index (χ3n) is 4.16. The Labute approximate surface area is 130 Å². The van der Waals surface area contributed by atoms with Crippen molar-refractivity contribution in [1.82, 2.24) is 30.0 Å². The molecule has 2 N–H and O–H groups in total. The summed E-state index contributed by atoms with van der Waals surface area (Å²) in [6.07, 6.45) is 6.75. The maximum Gasteiger partial charge on any atom is 0.143 e. The standard InChI is InChI=1S/C15H11N7O/c16-3-11(6-23)15(7-17-8-15)22-5-10(4-21-22)13-12-1-2-18-14(12)20-9-19-13/h1-2,4-5,9,17H,7-8H2,(H,18,19,20). The van der Waals surface area contributed by atoms with Gasteiger partial charge in [-0.1, -0.05) is 0 Å². The molecule has 0 aliphatic carbocycles. The SMILES string of the molecule is N#CC(=C=O)C1(n2cc(-c3ncnc4[nH]ccc34)cn2)CNC1. The first kappa shape index (κ1) is 13.4. The van der Waals surface area contributed by atoms with Crippen LogP contribution in [0.5, 0.6) is 0 Å². The lowest BCUT2D eigenvalue weighted by atomic mass is 9.85. The van der Waals surface area contributed by atoms with Gasteiger partial charge in [-0.2, -0.15) is 10.4 Å². The molecule has 0 bridgehead atoms. The first-order valence-electron chi connectivity index (χ1n) is 6.98. The Hall–Kier alpha value is -3.27. The van der Waals surface area contributed by atoms with Gasteiger partial charge in [0.2, 0.25) is 0 Å². The van der Waals surface area contributed by atoms with E-state index in [9.17, 15) is 10.1 Å². The number of hydrogen-bond acceptors (Lipinski definition) is 6. The van der Waals surface area contributed by atoms with Crippen LogP contribution in [-0.4, -0.2) is 43.8 Å². The molecule has 1 saturated heterocycles. The van der Waals surface area contributed by atoms with Crippen molar-refractivity contribution in [3.8, 4) is 17.3 Å². The molecule has 0 saturated carbocycles. The summed E-state index contributed by atoms with van der Waals surface area (Å²) < 4.78 is 1.64. The highest BCUT2D eigenvalue weighted by atomic mass is 16.1. The molecule has 0 aromatic carbocycles. The van der Waals surface area contributed by atoms with Gasteiger partial charge in [-0.15, -0.1) is 0 Å². The lowest BCUT2D eigenvalue weighted by Crippen LogP contribution is -2.61. The fourth-order valence-corrected chi connectivity index (χ4v) is 2.82. The minimum absolute atomic E-state index is 0.0420. The number of nitrogens with one attached hydrogen (secondary N) is 2. The molecule has 4 heterocycles. The van der Waals surface area contributed by atoms with Crippen LogP contribution in [-0.2, 0) is 10.3 Å². The molecule has 0 spiro atoms. The number of H-pyrrole nitrogens is 1. The molecular formula is C15H11N7O. The average Bonchev–Trinajstić information content (AvgIpc) is 3.19. The normalized spacial score (nSPS) is 15.6. The summed E-state index contributed by atoms with van der Waals surface area (Å²) in [5, 5.41) is 17.5. The van der Waals surface area contributed by atoms with Crippen LogP contribution in [0.1, 0.15) is 0 Å². The highest BCUT2D eigenvalue weighted by Gasteiger charge is 2.45. The number of hydrogen-bond donors (Lipinski definition) is 2. The number of carbonyl (C=O) groups excluding carboxylic acids is 1. The molecule has 3 aromatic heterocycles. The zero-order valence-corrected chi connectivity index (χ0v) is 11.9. The van der Waals surface area contributed by atoms with E-state index in [0.29, 0.717) is 13.1 Å². The first-order chi connectivity index (χ1) is 11.3. The van der Waals surface area contributed by atoms with E-state index < -0.39 is 5.54 Å². The van der Waals surface area contributed by atoms with Crippen LogP contribution in [0.25, 0.3) is 22.3 Å². The van der Waals surface area contributed by atoms with Crippen LogP contribution < -0.4 is 5.32 Å². The maximum atomic E-state index is 11.1. The van der Waals surface area contributed by atoms with Gasteiger partial charge in [0.05, 0.1) is 11.9 Å². The van der Waals surface area contributed by atoms with Crippen LogP contribution in [0.15, 0.2) is 36.6 Å². The van der Waals surface area contributed by atoms with Gasteiger partial charge >= 0.3 is 0 Å². The summed E-state index contributed by atoms with van der Waals surface area (Å²) in [6, 6.07) is 3.83. The lowest BCUT2D eigenvalue weighted by Gasteiger charge is -2.40. The molecule has 0 unspecified atom stereocenters. The molecule has 1 aliphatic heterocycles. The molecular weight excluding hydrogens is 294 g/mol. The minimum Gasteiger partial charge on any atom is -0.346 e. The molecule has 0 amide bonds. The number of rotatable bonds is 3. The second-order valence-electron chi connectivity index (χ2n) is 5.36. The average molecular weight is 305 g/mol. The van der Waals surface area contributed by atoms with Crippen molar-refractivity contribution < 1.29 is 4.79 Å². The summed E-state index contributed by atoms with van der Waals surface area (Å²) in [5.41, 5.74) is 1.57. The van der Waals surface area contributed by atoms with Gasteiger partial charge in [-0.3, -0.25) is 4.68 Å². The largest absolute Gasteiger partial charge is 0.346 e. The van der Waals surface area contributed by atoms with Gasteiger partial charge in [0.25, 0.3) is 0 Å². The Kier molecular flexibility index (Phi) is 2.84. The van der Waals surface area contributed by atoms with E-state index in [1.807, 2.05) is 12.1 Å². The molecule has 8 nitrogen and oxygen atoms in total. The summed E-state index contributed by atoms with van der Waals surface area (Å²) in [6.45, 7) is 0.936. The van der Waals surface area contributed by atoms with E-state index in [4.69, 9.17) is 0 Å². The Morgan fingerprint density at radius 2 is 2.26 bits per heavy atom. The van der Waals surface area contributed by atoms with Gasteiger partial charge in [-0.05, 0) is 6.07 Å². The summed E-state index contributed by atoms with van der Waals surface area (Å²) in [7, 11) is 0. The van der Waals surface area contributed by atoms with Crippen LogP contribution in [0.3, 0.4) is 0 Å². The fourth-order valence-electron chi connectivity index (χ4n) is 2.82. The van der Waals surface area contributed by atoms with E-state index in [2.05, 4.69) is 25.4 Å². The molecule has 1 aliphatic rings. The summed E-state index contributed by atoms with van der Waals surface area (Å²) >= 11 is 0. The minimum atomic E-state index is -0.765.